The van der Waals surface area contributed by atoms with Crippen molar-refractivity contribution in [3.8, 4) is 6.07 Å². The summed E-state index contributed by atoms with van der Waals surface area (Å²) in [5, 5.41) is 8.39. The lowest BCUT2D eigenvalue weighted by Gasteiger charge is -2.03. The molecule has 0 radical (unpaired) electrons. The zero-order valence-electron chi connectivity index (χ0n) is 5.48. The molecule has 0 heterocycles. The van der Waals surface area contributed by atoms with Gasteiger partial charge in [-0.15, -0.1) is 0 Å². The second kappa shape index (κ2) is 3.28. The van der Waals surface area contributed by atoms with Crippen molar-refractivity contribution in [3.05, 3.63) is 29.8 Å². The molecule has 0 spiro atoms. The molecule has 0 fully saturated rings. The molecule has 0 saturated carbocycles. The van der Waals surface area contributed by atoms with Crippen molar-refractivity contribution in [2.75, 3.05) is 0 Å². The zero-order valence-corrected chi connectivity index (χ0v) is 6.30. The van der Waals surface area contributed by atoms with Crippen LogP contribution in [0.1, 0.15) is 5.56 Å². The lowest BCUT2D eigenvalue weighted by molar-refractivity contribution is 0.537. The van der Waals surface area contributed by atoms with E-state index in [9.17, 15) is 8.76 Å². The Morgan fingerprint density at radius 3 is 2.82 bits per heavy atom. The molecule has 0 aromatic heterocycles. The summed E-state index contributed by atoms with van der Waals surface area (Å²) in [5.41, 5.74) is 0.353. The van der Waals surface area contributed by atoms with Gasteiger partial charge in [-0.3, -0.25) is 4.21 Å². The van der Waals surface area contributed by atoms with E-state index in [-0.39, 0.29) is 4.90 Å². The maximum absolute atomic E-state index is 10.4. The first-order valence-electron chi connectivity index (χ1n) is 2.83. The Morgan fingerprint density at radius 2 is 2.27 bits per heavy atom. The Hall–Kier alpha value is -1.18. The van der Waals surface area contributed by atoms with E-state index in [2.05, 4.69) is 0 Å². The van der Waals surface area contributed by atoms with Crippen LogP contribution in [0.25, 0.3) is 0 Å². The smallest absolute Gasteiger partial charge is 0.0992 e. The normalized spacial score (nSPS) is 12.0. The molecule has 1 atom stereocenters. The quantitative estimate of drug-likeness (QED) is 0.579. The molecule has 11 heavy (non-hydrogen) atoms. The fourth-order valence-electron chi connectivity index (χ4n) is 0.669. The Balaban J connectivity index is 3.13. The Bertz CT molecular complexity index is 329. The van der Waals surface area contributed by atoms with Crippen molar-refractivity contribution < 1.29 is 8.76 Å². The van der Waals surface area contributed by atoms with E-state index in [0.717, 1.165) is 0 Å². The third kappa shape index (κ3) is 1.87. The van der Waals surface area contributed by atoms with Gasteiger partial charge in [0.2, 0.25) is 0 Å². The summed E-state index contributed by atoms with van der Waals surface area (Å²) in [6.45, 7) is 0. The van der Waals surface area contributed by atoms with Crippen molar-refractivity contribution >= 4 is 11.1 Å². The minimum Gasteiger partial charge on any atom is -0.768 e. The molecule has 0 saturated heterocycles. The molecule has 0 N–H and O–H groups in total. The third-order valence-electron chi connectivity index (χ3n) is 1.16. The van der Waals surface area contributed by atoms with E-state index in [4.69, 9.17) is 5.26 Å². The highest BCUT2D eigenvalue weighted by Gasteiger charge is 1.92. The molecule has 56 valence electrons. The van der Waals surface area contributed by atoms with Gasteiger partial charge in [0.05, 0.1) is 11.6 Å². The fourth-order valence-corrected chi connectivity index (χ4v) is 1.08. The van der Waals surface area contributed by atoms with Gasteiger partial charge in [0, 0.05) is 4.90 Å². The van der Waals surface area contributed by atoms with Crippen molar-refractivity contribution in [1.29, 1.82) is 5.26 Å². The van der Waals surface area contributed by atoms with Crippen LogP contribution in [0.15, 0.2) is 29.2 Å². The number of hydrogen-bond donors (Lipinski definition) is 0. The van der Waals surface area contributed by atoms with E-state index in [0.29, 0.717) is 5.56 Å². The van der Waals surface area contributed by atoms with Gasteiger partial charge >= 0.3 is 0 Å². The third-order valence-corrected chi connectivity index (χ3v) is 1.79. The van der Waals surface area contributed by atoms with Gasteiger partial charge in [-0.25, -0.2) is 0 Å². The molecule has 0 aliphatic carbocycles. The largest absolute Gasteiger partial charge is 0.768 e. The van der Waals surface area contributed by atoms with Crippen LogP contribution in [-0.4, -0.2) is 8.76 Å². The number of benzene rings is 1. The van der Waals surface area contributed by atoms with Crippen LogP contribution in [0, 0.1) is 11.3 Å². The summed E-state index contributed by atoms with van der Waals surface area (Å²) in [4.78, 5) is 0.143. The first-order chi connectivity index (χ1) is 5.24. The SMILES string of the molecule is N#Cc1cccc(S(=O)[O-])c1. The van der Waals surface area contributed by atoms with E-state index in [1.54, 1.807) is 6.07 Å². The van der Waals surface area contributed by atoms with Crippen molar-refractivity contribution in [1.82, 2.24) is 0 Å². The van der Waals surface area contributed by atoms with E-state index in [1.165, 1.54) is 18.2 Å². The number of hydrogen-bond acceptors (Lipinski definition) is 3. The first-order valence-corrected chi connectivity index (χ1v) is 3.91. The van der Waals surface area contributed by atoms with Crippen LogP contribution in [0.5, 0.6) is 0 Å². The maximum Gasteiger partial charge on any atom is 0.0992 e. The summed E-state index contributed by atoms with van der Waals surface area (Å²) in [6, 6.07) is 7.69. The molecular formula is C7H4NO2S-. The van der Waals surface area contributed by atoms with Gasteiger partial charge in [0.15, 0.2) is 0 Å². The Morgan fingerprint density at radius 1 is 1.55 bits per heavy atom. The lowest BCUT2D eigenvalue weighted by atomic mass is 10.2. The van der Waals surface area contributed by atoms with E-state index >= 15 is 0 Å². The van der Waals surface area contributed by atoms with Crippen molar-refractivity contribution in [2.24, 2.45) is 0 Å². The second-order valence-corrected chi connectivity index (χ2v) is 2.82. The number of nitrogens with zero attached hydrogens (tertiary/aromatic N) is 1. The second-order valence-electron chi connectivity index (χ2n) is 1.87. The Kier molecular flexibility index (Phi) is 2.36. The predicted octanol–water partition coefficient (Wildman–Crippen LogP) is 0.796. The summed E-state index contributed by atoms with van der Waals surface area (Å²) >= 11 is -2.24. The standard InChI is InChI=1S/C7H5NO2S/c8-5-6-2-1-3-7(4-6)11(9)10/h1-4H,(H,9,10)/p-1. The first kappa shape index (κ1) is 7.92. The zero-order chi connectivity index (χ0) is 8.27. The maximum atomic E-state index is 10.4. The van der Waals surface area contributed by atoms with E-state index < -0.39 is 11.1 Å². The average Bonchev–Trinajstić information content (AvgIpc) is 2.05. The number of nitriles is 1. The topological polar surface area (TPSA) is 63.9 Å². The molecule has 0 aliphatic heterocycles. The van der Waals surface area contributed by atoms with E-state index in [1.807, 2.05) is 6.07 Å². The average molecular weight is 166 g/mol. The van der Waals surface area contributed by atoms with Crippen LogP contribution in [0.3, 0.4) is 0 Å². The molecule has 1 rings (SSSR count). The summed E-state index contributed by atoms with van der Waals surface area (Å²) in [5.74, 6) is 0. The van der Waals surface area contributed by atoms with Gasteiger partial charge in [-0.2, -0.15) is 5.26 Å². The van der Waals surface area contributed by atoms with Crippen LogP contribution in [0.4, 0.5) is 0 Å². The van der Waals surface area contributed by atoms with Crippen LogP contribution < -0.4 is 0 Å². The van der Waals surface area contributed by atoms with Gasteiger partial charge in [-0.1, -0.05) is 6.07 Å². The molecule has 1 aromatic carbocycles. The molecule has 3 nitrogen and oxygen atoms in total. The van der Waals surface area contributed by atoms with Crippen molar-refractivity contribution in [3.63, 3.8) is 0 Å². The monoisotopic (exact) mass is 166 g/mol. The summed E-state index contributed by atoms with van der Waals surface area (Å²) < 4.78 is 20.7. The van der Waals surface area contributed by atoms with Crippen LogP contribution in [0.2, 0.25) is 0 Å². The highest BCUT2D eigenvalue weighted by molar-refractivity contribution is 7.79. The highest BCUT2D eigenvalue weighted by atomic mass is 32.2. The molecule has 1 aromatic rings. The fraction of sp³-hybridized carbons (Fsp3) is 0. The predicted molar refractivity (Wildman–Crippen MR) is 38.3 cm³/mol. The van der Waals surface area contributed by atoms with Gasteiger partial charge in [-0.05, 0) is 29.3 Å². The highest BCUT2D eigenvalue weighted by Crippen LogP contribution is 2.06. The molecule has 0 bridgehead atoms. The summed E-state index contributed by atoms with van der Waals surface area (Å²) in [7, 11) is 0. The molecule has 0 aliphatic rings. The van der Waals surface area contributed by atoms with Gasteiger partial charge in [0.1, 0.15) is 0 Å². The van der Waals surface area contributed by atoms with Gasteiger partial charge < -0.3 is 4.55 Å². The minimum absolute atomic E-state index is 0.143. The van der Waals surface area contributed by atoms with Crippen molar-refractivity contribution in [2.45, 2.75) is 4.90 Å². The summed E-state index contributed by atoms with van der Waals surface area (Å²) in [6.07, 6.45) is 0. The molecule has 1 unspecified atom stereocenters. The molecular weight excluding hydrogens is 162 g/mol. The molecule has 0 amide bonds. The minimum atomic E-state index is -2.24. The van der Waals surface area contributed by atoms with Crippen LogP contribution >= 0.6 is 0 Å². The molecule has 4 heteroatoms. The Labute approximate surface area is 66.6 Å². The van der Waals surface area contributed by atoms with Crippen LogP contribution in [-0.2, 0) is 11.1 Å². The lowest BCUT2D eigenvalue weighted by Crippen LogP contribution is -1.88. The van der Waals surface area contributed by atoms with Gasteiger partial charge in [0.25, 0.3) is 0 Å². The number of rotatable bonds is 1.